The van der Waals surface area contributed by atoms with E-state index in [9.17, 15) is 9.90 Å². The summed E-state index contributed by atoms with van der Waals surface area (Å²) >= 11 is 0. The molecule has 2 aromatic carbocycles. The van der Waals surface area contributed by atoms with Crippen LogP contribution in [-0.4, -0.2) is 49.1 Å². The molecule has 0 saturated carbocycles. The number of carbonyl (C=O) groups is 1. The summed E-state index contributed by atoms with van der Waals surface area (Å²) in [6, 6.07) is 17.2. The van der Waals surface area contributed by atoms with Crippen molar-refractivity contribution in [2.24, 2.45) is 0 Å². The maximum Gasteiger partial charge on any atom is 0.407 e. The lowest BCUT2D eigenvalue weighted by atomic mass is 10.0. The van der Waals surface area contributed by atoms with Gasteiger partial charge in [-0.25, -0.2) is 4.79 Å². The molecule has 6 nitrogen and oxygen atoms in total. The lowest BCUT2D eigenvalue weighted by Crippen LogP contribution is -2.50. The third-order valence-electron chi connectivity index (χ3n) is 4.58. The second kappa shape index (κ2) is 11.6. The molecule has 2 rings (SSSR count). The Morgan fingerprint density at radius 3 is 2.40 bits per heavy atom. The van der Waals surface area contributed by atoms with Crippen LogP contribution in [0.4, 0.5) is 4.79 Å². The number of ether oxygens (including phenoxy) is 2. The number of carbonyl (C=O) groups excluding carboxylic acids is 1. The van der Waals surface area contributed by atoms with Gasteiger partial charge in [-0.2, -0.15) is 0 Å². The molecule has 6 heteroatoms. The number of methoxy groups -OCH3 is 1. The van der Waals surface area contributed by atoms with Crippen LogP contribution in [0.3, 0.4) is 0 Å². The van der Waals surface area contributed by atoms with Crippen molar-refractivity contribution in [3.05, 3.63) is 65.7 Å². The van der Waals surface area contributed by atoms with E-state index < -0.39 is 23.8 Å². The summed E-state index contributed by atoms with van der Waals surface area (Å²) in [5, 5.41) is 16.9. The monoisotopic (exact) mass is 414 g/mol. The van der Waals surface area contributed by atoms with E-state index in [-0.39, 0.29) is 0 Å². The van der Waals surface area contributed by atoms with E-state index in [0.29, 0.717) is 19.5 Å². The van der Waals surface area contributed by atoms with E-state index in [1.165, 1.54) is 0 Å². The maximum absolute atomic E-state index is 12.3. The van der Waals surface area contributed by atoms with E-state index in [1.54, 1.807) is 7.11 Å². The van der Waals surface area contributed by atoms with Gasteiger partial charge in [-0.3, -0.25) is 0 Å². The standard InChI is InChI=1S/C24H34N2O4/c1-24(2,3)30-23(28)26-20(16-18-10-6-5-7-11-18)21(27)17-25-15-14-19-12-8-9-13-22(19)29-4/h5-13,20-21,25,27H,14-17H2,1-4H3,(H,26,28)/t20-,21-/m0/s1. The van der Waals surface area contributed by atoms with Crippen LogP contribution in [-0.2, 0) is 17.6 Å². The van der Waals surface area contributed by atoms with Crippen molar-refractivity contribution in [2.75, 3.05) is 20.2 Å². The molecule has 1 amide bonds. The fourth-order valence-electron chi connectivity index (χ4n) is 3.13. The first-order valence-corrected chi connectivity index (χ1v) is 10.3. The van der Waals surface area contributed by atoms with Crippen LogP contribution in [0.15, 0.2) is 54.6 Å². The van der Waals surface area contributed by atoms with Crippen LogP contribution in [0.25, 0.3) is 0 Å². The highest BCUT2D eigenvalue weighted by atomic mass is 16.6. The van der Waals surface area contributed by atoms with Crippen LogP contribution in [0, 0.1) is 0 Å². The minimum absolute atomic E-state index is 0.350. The van der Waals surface area contributed by atoms with Crippen LogP contribution in [0.1, 0.15) is 31.9 Å². The molecule has 164 valence electrons. The van der Waals surface area contributed by atoms with Gasteiger partial charge in [0.2, 0.25) is 0 Å². The quantitative estimate of drug-likeness (QED) is 0.520. The summed E-state index contributed by atoms with van der Waals surface area (Å²) in [4.78, 5) is 12.3. The van der Waals surface area contributed by atoms with Crippen molar-refractivity contribution in [3.8, 4) is 5.75 Å². The Kier molecular flexibility index (Phi) is 9.15. The fraction of sp³-hybridized carbons (Fsp3) is 0.458. The maximum atomic E-state index is 12.3. The molecule has 0 aliphatic heterocycles. The molecular formula is C24H34N2O4. The minimum Gasteiger partial charge on any atom is -0.496 e. The minimum atomic E-state index is -0.768. The van der Waals surface area contributed by atoms with Crippen molar-refractivity contribution in [2.45, 2.75) is 51.4 Å². The highest BCUT2D eigenvalue weighted by Crippen LogP contribution is 2.17. The van der Waals surface area contributed by atoms with E-state index in [1.807, 2.05) is 75.4 Å². The summed E-state index contributed by atoms with van der Waals surface area (Å²) in [6.07, 6.45) is -0.0124. The van der Waals surface area contributed by atoms with Crippen molar-refractivity contribution in [1.82, 2.24) is 10.6 Å². The number of aliphatic hydroxyl groups is 1. The van der Waals surface area contributed by atoms with Gasteiger partial charge in [0.1, 0.15) is 11.4 Å². The number of benzene rings is 2. The largest absolute Gasteiger partial charge is 0.496 e. The molecule has 0 aromatic heterocycles. The molecule has 0 radical (unpaired) electrons. The zero-order valence-electron chi connectivity index (χ0n) is 18.4. The molecule has 0 spiro atoms. The molecule has 30 heavy (non-hydrogen) atoms. The first-order valence-electron chi connectivity index (χ1n) is 10.3. The van der Waals surface area contributed by atoms with Gasteiger partial charge >= 0.3 is 6.09 Å². The van der Waals surface area contributed by atoms with Gasteiger partial charge in [-0.15, -0.1) is 0 Å². The number of nitrogens with one attached hydrogen (secondary N) is 2. The summed E-state index contributed by atoms with van der Waals surface area (Å²) in [5.74, 6) is 0.855. The summed E-state index contributed by atoms with van der Waals surface area (Å²) in [7, 11) is 1.66. The number of amides is 1. The zero-order valence-corrected chi connectivity index (χ0v) is 18.4. The molecule has 0 bridgehead atoms. The molecular weight excluding hydrogens is 380 g/mol. The third-order valence-corrected chi connectivity index (χ3v) is 4.58. The number of rotatable bonds is 10. The molecule has 2 atom stereocenters. The Morgan fingerprint density at radius 1 is 1.07 bits per heavy atom. The van der Waals surface area contributed by atoms with Crippen molar-refractivity contribution in [3.63, 3.8) is 0 Å². The predicted octanol–water partition coefficient (Wildman–Crippen LogP) is 3.32. The molecule has 3 N–H and O–H groups in total. The fourth-order valence-corrected chi connectivity index (χ4v) is 3.13. The number of hydrogen-bond donors (Lipinski definition) is 3. The highest BCUT2D eigenvalue weighted by molar-refractivity contribution is 5.68. The topological polar surface area (TPSA) is 79.8 Å². The first kappa shape index (κ1) is 23.7. The van der Waals surface area contributed by atoms with Crippen LogP contribution >= 0.6 is 0 Å². The second-order valence-electron chi connectivity index (χ2n) is 8.28. The first-order chi connectivity index (χ1) is 14.3. The molecule has 2 aromatic rings. The Bertz CT molecular complexity index is 774. The van der Waals surface area contributed by atoms with E-state index in [0.717, 1.165) is 23.3 Å². The summed E-state index contributed by atoms with van der Waals surface area (Å²) < 4.78 is 10.7. The number of alkyl carbamates (subject to hydrolysis) is 1. The molecule has 0 aliphatic carbocycles. The Morgan fingerprint density at radius 2 is 1.73 bits per heavy atom. The number of hydrogen-bond acceptors (Lipinski definition) is 5. The number of para-hydroxylation sites is 1. The lowest BCUT2D eigenvalue weighted by molar-refractivity contribution is 0.0423. The van der Waals surface area contributed by atoms with Crippen molar-refractivity contribution >= 4 is 6.09 Å². The Labute approximate surface area is 179 Å². The molecule has 0 unspecified atom stereocenters. The van der Waals surface area contributed by atoms with E-state index >= 15 is 0 Å². The second-order valence-corrected chi connectivity index (χ2v) is 8.28. The smallest absolute Gasteiger partial charge is 0.407 e. The summed E-state index contributed by atoms with van der Waals surface area (Å²) in [6.45, 7) is 6.47. The van der Waals surface area contributed by atoms with E-state index in [2.05, 4.69) is 10.6 Å². The molecule has 0 saturated heterocycles. The van der Waals surface area contributed by atoms with Gasteiger partial charge in [0.15, 0.2) is 0 Å². The third kappa shape index (κ3) is 8.43. The Balaban J connectivity index is 1.92. The van der Waals surface area contributed by atoms with Crippen LogP contribution < -0.4 is 15.4 Å². The average Bonchev–Trinajstić information content (AvgIpc) is 2.70. The highest BCUT2D eigenvalue weighted by Gasteiger charge is 2.24. The van der Waals surface area contributed by atoms with Gasteiger partial charge in [0.25, 0.3) is 0 Å². The van der Waals surface area contributed by atoms with Gasteiger partial charge in [0.05, 0.1) is 19.3 Å². The number of aliphatic hydroxyl groups excluding tert-OH is 1. The van der Waals surface area contributed by atoms with Crippen molar-refractivity contribution in [1.29, 1.82) is 0 Å². The van der Waals surface area contributed by atoms with Crippen molar-refractivity contribution < 1.29 is 19.4 Å². The van der Waals surface area contributed by atoms with E-state index in [4.69, 9.17) is 9.47 Å². The molecule has 0 heterocycles. The van der Waals surface area contributed by atoms with Crippen LogP contribution in [0.5, 0.6) is 5.75 Å². The predicted molar refractivity (Wildman–Crippen MR) is 119 cm³/mol. The normalized spacial score (nSPS) is 13.4. The van der Waals surface area contributed by atoms with Gasteiger partial charge in [-0.05, 0) is 57.4 Å². The Hall–Kier alpha value is -2.57. The SMILES string of the molecule is COc1ccccc1CCNC[C@H](O)[C@H](Cc1ccccc1)NC(=O)OC(C)(C)C. The zero-order chi connectivity index (χ0) is 22.0. The van der Waals surface area contributed by atoms with Crippen LogP contribution in [0.2, 0.25) is 0 Å². The lowest BCUT2D eigenvalue weighted by Gasteiger charge is -2.27. The molecule has 0 aliphatic rings. The van der Waals surface area contributed by atoms with Gasteiger partial charge < -0.3 is 25.2 Å². The molecule has 0 fully saturated rings. The van der Waals surface area contributed by atoms with Gasteiger partial charge in [-0.1, -0.05) is 48.5 Å². The van der Waals surface area contributed by atoms with Gasteiger partial charge in [0, 0.05) is 6.54 Å². The summed E-state index contributed by atoms with van der Waals surface area (Å²) in [5.41, 5.74) is 1.54. The average molecular weight is 415 g/mol.